The Labute approximate surface area is 64.0 Å². The van der Waals surface area contributed by atoms with Crippen molar-refractivity contribution >= 4 is 0 Å². The van der Waals surface area contributed by atoms with Crippen LogP contribution in [0.25, 0.3) is 11.1 Å². The maximum atomic E-state index is 8.53. The zero-order valence-corrected chi connectivity index (χ0v) is 5.66. The van der Waals surface area contributed by atoms with Crippen molar-refractivity contribution < 1.29 is 4.42 Å². The second kappa shape index (κ2) is 2.14. The second-order valence-electron chi connectivity index (χ2n) is 2.22. The molecule has 1 radical (unpaired) electrons. The minimum Gasteiger partial charge on any atom is -0.472 e. The van der Waals surface area contributed by atoms with Gasteiger partial charge in [0.1, 0.15) is 0 Å². The summed E-state index contributed by atoms with van der Waals surface area (Å²) in [5.74, 6) is 0. The lowest BCUT2D eigenvalue weighted by Gasteiger charge is -1.91. The fourth-order valence-corrected chi connectivity index (χ4v) is 1.00. The lowest BCUT2D eigenvalue weighted by molar-refractivity contribution is 0.552. The van der Waals surface area contributed by atoms with Crippen LogP contribution in [0.3, 0.4) is 0 Å². The number of hydrogen-bond acceptors (Lipinski definition) is 2. The predicted molar refractivity (Wildman–Crippen MR) is 38.9 cm³/mol. The van der Waals surface area contributed by atoms with Crippen molar-refractivity contribution in [2.45, 2.75) is 0 Å². The first kappa shape index (κ1) is 5.99. The normalized spacial score (nSPS) is 9.73. The molecule has 2 rings (SSSR count). The van der Waals surface area contributed by atoms with E-state index in [2.05, 4.69) is 6.07 Å². The van der Waals surface area contributed by atoms with E-state index < -0.39 is 0 Å². The molecular weight excluding hydrogens is 138 g/mol. The average Bonchev–Trinajstić information content (AvgIpc) is 2.46. The van der Waals surface area contributed by atoms with E-state index in [1.807, 2.05) is 6.07 Å². The predicted octanol–water partition coefficient (Wildman–Crippen LogP) is 2.06. The number of fused-ring (bicyclic) bond motifs is 1. The van der Waals surface area contributed by atoms with Gasteiger partial charge in [-0.2, -0.15) is 5.26 Å². The van der Waals surface area contributed by atoms with Gasteiger partial charge in [-0.1, -0.05) is 0 Å². The molecular formula is C9H4NO. The summed E-state index contributed by atoms with van der Waals surface area (Å²) in [7, 11) is 0. The van der Waals surface area contributed by atoms with Gasteiger partial charge < -0.3 is 4.42 Å². The van der Waals surface area contributed by atoms with Gasteiger partial charge in [-0.25, -0.2) is 0 Å². The standard InChI is InChI=1S/C9H4NO/c10-5-7-3-8-1-2-11-6-9(8)4-7/h1-2,4,6H. The third-order valence-corrected chi connectivity index (χ3v) is 1.51. The van der Waals surface area contributed by atoms with Crippen molar-refractivity contribution in [1.29, 1.82) is 5.26 Å². The highest BCUT2D eigenvalue weighted by atomic mass is 16.3. The molecule has 0 amide bonds. The van der Waals surface area contributed by atoms with Gasteiger partial charge in [0.25, 0.3) is 0 Å². The molecule has 0 bridgehead atoms. The third kappa shape index (κ3) is 0.870. The average molecular weight is 142 g/mol. The SMILES string of the molecule is N#Cc1[c]c2ccocc-2c1. The van der Waals surface area contributed by atoms with Gasteiger partial charge in [0.05, 0.1) is 24.2 Å². The summed E-state index contributed by atoms with van der Waals surface area (Å²) >= 11 is 0. The molecule has 0 saturated heterocycles. The van der Waals surface area contributed by atoms with Gasteiger partial charge in [-0.15, -0.1) is 0 Å². The molecule has 0 N–H and O–H groups in total. The first-order valence-electron chi connectivity index (χ1n) is 3.18. The smallest absolute Gasteiger partial charge is 0.0998 e. The fourth-order valence-electron chi connectivity index (χ4n) is 1.00. The molecule has 1 heterocycles. The third-order valence-electron chi connectivity index (χ3n) is 1.51. The topological polar surface area (TPSA) is 36.9 Å². The van der Waals surface area contributed by atoms with Crippen LogP contribution in [-0.4, -0.2) is 0 Å². The largest absolute Gasteiger partial charge is 0.472 e. The Morgan fingerprint density at radius 1 is 1.55 bits per heavy atom. The van der Waals surface area contributed by atoms with Crippen LogP contribution in [0.1, 0.15) is 5.56 Å². The highest BCUT2D eigenvalue weighted by Gasteiger charge is 2.05. The highest BCUT2D eigenvalue weighted by Crippen LogP contribution is 2.23. The van der Waals surface area contributed by atoms with Crippen LogP contribution in [0.5, 0.6) is 0 Å². The quantitative estimate of drug-likeness (QED) is 0.564. The van der Waals surface area contributed by atoms with Gasteiger partial charge in [-0.05, 0) is 17.7 Å². The van der Waals surface area contributed by atoms with Gasteiger partial charge in [0.2, 0.25) is 0 Å². The van der Waals surface area contributed by atoms with Crippen molar-refractivity contribution in [3.05, 3.63) is 36.3 Å². The number of nitrogens with zero attached hydrogens (tertiary/aromatic N) is 1. The van der Waals surface area contributed by atoms with Crippen molar-refractivity contribution in [2.75, 3.05) is 0 Å². The summed E-state index contributed by atoms with van der Waals surface area (Å²) in [4.78, 5) is 0. The molecule has 0 fully saturated rings. The summed E-state index contributed by atoms with van der Waals surface area (Å²) in [6.07, 6.45) is 3.17. The Hall–Kier alpha value is -1.75. The Balaban J connectivity index is 2.72. The van der Waals surface area contributed by atoms with E-state index in [0.29, 0.717) is 5.56 Å². The van der Waals surface area contributed by atoms with Crippen LogP contribution >= 0.6 is 0 Å². The zero-order valence-electron chi connectivity index (χ0n) is 5.66. The molecule has 0 spiro atoms. The van der Waals surface area contributed by atoms with E-state index >= 15 is 0 Å². The molecule has 11 heavy (non-hydrogen) atoms. The molecule has 2 heteroatoms. The first-order chi connectivity index (χ1) is 5.40. The molecule has 1 aliphatic heterocycles. The summed E-state index contributed by atoms with van der Waals surface area (Å²) in [5.41, 5.74) is 2.40. The van der Waals surface area contributed by atoms with Crippen LogP contribution in [0.2, 0.25) is 0 Å². The van der Waals surface area contributed by atoms with Crippen molar-refractivity contribution in [3.63, 3.8) is 0 Å². The zero-order chi connectivity index (χ0) is 7.68. The van der Waals surface area contributed by atoms with Gasteiger partial charge in [0, 0.05) is 11.6 Å². The van der Waals surface area contributed by atoms with Crippen LogP contribution in [-0.2, 0) is 0 Å². The first-order valence-corrected chi connectivity index (χ1v) is 3.18. The molecule has 1 aliphatic carbocycles. The van der Waals surface area contributed by atoms with Crippen LogP contribution in [0.4, 0.5) is 0 Å². The molecule has 0 aromatic heterocycles. The molecule has 0 aromatic carbocycles. The van der Waals surface area contributed by atoms with Gasteiger partial charge in [0.15, 0.2) is 0 Å². The van der Waals surface area contributed by atoms with E-state index in [0.717, 1.165) is 11.1 Å². The van der Waals surface area contributed by atoms with E-state index in [9.17, 15) is 0 Å². The highest BCUT2D eigenvalue weighted by molar-refractivity contribution is 5.67. The number of hydrogen-bond donors (Lipinski definition) is 0. The molecule has 0 aromatic rings. The Kier molecular flexibility index (Phi) is 1.16. The molecule has 0 saturated carbocycles. The van der Waals surface area contributed by atoms with Crippen molar-refractivity contribution in [3.8, 4) is 17.2 Å². The minimum atomic E-state index is 0.557. The van der Waals surface area contributed by atoms with Crippen molar-refractivity contribution in [1.82, 2.24) is 0 Å². The minimum absolute atomic E-state index is 0.557. The lowest BCUT2D eigenvalue weighted by Crippen LogP contribution is -1.67. The molecule has 0 unspecified atom stereocenters. The summed E-state index contributed by atoms with van der Waals surface area (Å²) in [6, 6.07) is 8.48. The Morgan fingerprint density at radius 3 is 3.18 bits per heavy atom. The van der Waals surface area contributed by atoms with Crippen molar-refractivity contribution in [2.24, 2.45) is 0 Å². The van der Waals surface area contributed by atoms with Gasteiger partial charge >= 0.3 is 0 Å². The summed E-state index contributed by atoms with van der Waals surface area (Å²) in [5, 5.41) is 8.53. The maximum Gasteiger partial charge on any atom is 0.0998 e. The maximum absolute atomic E-state index is 8.53. The van der Waals surface area contributed by atoms with Crippen LogP contribution in [0, 0.1) is 17.4 Å². The van der Waals surface area contributed by atoms with Crippen LogP contribution < -0.4 is 0 Å². The Bertz CT molecular complexity index is 353. The second-order valence-corrected chi connectivity index (χ2v) is 2.22. The van der Waals surface area contributed by atoms with E-state index in [1.54, 1.807) is 24.7 Å². The van der Waals surface area contributed by atoms with Gasteiger partial charge in [-0.3, -0.25) is 0 Å². The summed E-state index contributed by atoms with van der Waals surface area (Å²) in [6.45, 7) is 0. The Morgan fingerprint density at radius 2 is 2.45 bits per heavy atom. The molecule has 0 atom stereocenters. The monoisotopic (exact) mass is 142 g/mol. The summed E-state index contributed by atoms with van der Waals surface area (Å²) < 4.78 is 4.92. The van der Waals surface area contributed by atoms with E-state index in [-0.39, 0.29) is 0 Å². The number of rotatable bonds is 0. The van der Waals surface area contributed by atoms with E-state index in [4.69, 9.17) is 9.68 Å². The lowest BCUT2D eigenvalue weighted by atomic mass is 10.2. The fraction of sp³-hybridized carbons (Fsp3) is 0. The van der Waals surface area contributed by atoms with Crippen LogP contribution in [0.15, 0.2) is 29.1 Å². The number of nitriles is 1. The molecule has 2 aliphatic rings. The van der Waals surface area contributed by atoms with E-state index in [1.165, 1.54) is 0 Å². The molecule has 2 nitrogen and oxygen atoms in total. The molecule has 51 valence electrons.